The zero-order chi connectivity index (χ0) is 25.1. The van der Waals surface area contributed by atoms with Crippen molar-refractivity contribution in [2.45, 2.75) is 19.5 Å². The SMILES string of the molecule is CC(CNC(=O)c1ccc2c(c1)C(=O)N(Cc1ccccc1)C2=O)N1CCN(c2ccccc2)CC1. The number of imide groups is 1. The molecule has 3 amide bonds. The highest BCUT2D eigenvalue weighted by molar-refractivity contribution is 6.22. The Kier molecular flexibility index (Phi) is 6.82. The second kappa shape index (κ2) is 10.3. The predicted octanol–water partition coefficient (Wildman–Crippen LogP) is 3.42. The summed E-state index contributed by atoms with van der Waals surface area (Å²) < 4.78 is 0. The van der Waals surface area contributed by atoms with Crippen molar-refractivity contribution in [3.63, 3.8) is 0 Å². The van der Waals surface area contributed by atoms with E-state index in [0.717, 1.165) is 31.7 Å². The molecule has 0 bridgehead atoms. The number of piperazine rings is 1. The first-order chi connectivity index (χ1) is 17.5. The van der Waals surface area contributed by atoms with Crippen molar-refractivity contribution in [3.05, 3.63) is 101 Å². The molecular weight excluding hydrogens is 452 g/mol. The molecule has 1 N–H and O–H groups in total. The third kappa shape index (κ3) is 4.88. The summed E-state index contributed by atoms with van der Waals surface area (Å²) in [4.78, 5) is 44.6. The minimum Gasteiger partial charge on any atom is -0.369 e. The van der Waals surface area contributed by atoms with Crippen molar-refractivity contribution in [2.75, 3.05) is 37.6 Å². The zero-order valence-electron chi connectivity index (χ0n) is 20.4. The molecule has 2 aliphatic rings. The molecular formula is C29H30N4O3. The normalized spacial score (nSPS) is 16.7. The number of fused-ring (bicyclic) bond motifs is 1. The molecule has 0 spiro atoms. The fourth-order valence-electron chi connectivity index (χ4n) is 4.87. The van der Waals surface area contributed by atoms with Crippen LogP contribution in [-0.2, 0) is 6.54 Å². The second-order valence-electron chi connectivity index (χ2n) is 9.36. The Bertz CT molecular complexity index is 1250. The van der Waals surface area contributed by atoms with Gasteiger partial charge >= 0.3 is 0 Å². The second-order valence-corrected chi connectivity index (χ2v) is 9.36. The van der Waals surface area contributed by atoms with Crippen LogP contribution in [0.2, 0.25) is 0 Å². The maximum absolute atomic E-state index is 13.0. The lowest BCUT2D eigenvalue weighted by Gasteiger charge is -2.39. The maximum Gasteiger partial charge on any atom is 0.261 e. The molecule has 0 aliphatic carbocycles. The first-order valence-electron chi connectivity index (χ1n) is 12.4. The number of rotatable bonds is 7. The van der Waals surface area contributed by atoms with Crippen LogP contribution in [0, 0.1) is 0 Å². The summed E-state index contributed by atoms with van der Waals surface area (Å²) in [5.41, 5.74) is 3.14. The van der Waals surface area contributed by atoms with E-state index in [1.54, 1.807) is 18.2 Å². The van der Waals surface area contributed by atoms with E-state index in [9.17, 15) is 14.4 Å². The van der Waals surface area contributed by atoms with Crippen molar-refractivity contribution >= 4 is 23.4 Å². The monoisotopic (exact) mass is 482 g/mol. The largest absolute Gasteiger partial charge is 0.369 e. The molecule has 1 fully saturated rings. The van der Waals surface area contributed by atoms with Crippen LogP contribution in [0.4, 0.5) is 5.69 Å². The van der Waals surface area contributed by atoms with Crippen molar-refractivity contribution < 1.29 is 14.4 Å². The van der Waals surface area contributed by atoms with E-state index in [1.165, 1.54) is 10.6 Å². The van der Waals surface area contributed by atoms with Gasteiger partial charge in [0.05, 0.1) is 17.7 Å². The minimum absolute atomic E-state index is 0.186. The van der Waals surface area contributed by atoms with Crippen LogP contribution in [0.5, 0.6) is 0 Å². The molecule has 7 heteroatoms. The smallest absolute Gasteiger partial charge is 0.261 e. The van der Waals surface area contributed by atoms with Gasteiger partial charge in [-0.25, -0.2) is 0 Å². The highest BCUT2D eigenvalue weighted by Gasteiger charge is 2.36. The topological polar surface area (TPSA) is 73.0 Å². The highest BCUT2D eigenvalue weighted by atomic mass is 16.2. The number of amides is 3. The summed E-state index contributed by atoms with van der Waals surface area (Å²) in [5, 5.41) is 3.00. The number of benzene rings is 3. The van der Waals surface area contributed by atoms with E-state index >= 15 is 0 Å². The Balaban J connectivity index is 1.16. The van der Waals surface area contributed by atoms with Crippen LogP contribution >= 0.6 is 0 Å². The molecule has 1 unspecified atom stereocenters. The number of nitrogens with one attached hydrogen (secondary N) is 1. The lowest BCUT2D eigenvalue weighted by Crippen LogP contribution is -2.52. The molecule has 0 saturated carbocycles. The van der Waals surface area contributed by atoms with Crippen LogP contribution in [0.3, 0.4) is 0 Å². The summed E-state index contributed by atoms with van der Waals surface area (Å²) in [5.74, 6) is -0.929. The van der Waals surface area contributed by atoms with Crippen LogP contribution in [0.15, 0.2) is 78.9 Å². The van der Waals surface area contributed by atoms with Gasteiger partial charge in [-0.15, -0.1) is 0 Å². The number of anilines is 1. The number of hydrogen-bond acceptors (Lipinski definition) is 5. The number of nitrogens with zero attached hydrogens (tertiary/aromatic N) is 3. The van der Waals surface area contributed by atoms with E-state index in [0.29, 0.717) is 17.7 Å². The van der Waals surface area contributed by atoms with Gasteiger partial charge in [-0.2, -0.15) is 0 Å². The maximum atomic E-state index is 13.0. The molecule has 0 aromatic heterocycles. The fraction of sp³-hybridized carbons (Fsp3) is 0.276. The van der Waals surface area contributed by atoms with Crippen LogP contribution in [-0.4, -0.2) is 66.3 Å². The number of hydrogen-bond donors (Lipinski definition) is 1. The van der Waals surface area contributed by atoms with Crippen LogP contribution in [0.25, 0.3) is 0 Å². The van der Waals surface area contributed by atoms with Gasteiger partial charge in [0.1, 0.15) is 0 Å². The Labute approximate surface area is 211 Å². The standard InChI is InChI=1S/C29H30N4O3/c1-21(31-14-16-32(17-15-31)24-10-6-3-7-11-24)19-30-27(34)23-12-13-25-26(18-23)29(36)33(28(25)35)20-22-8-4-2-5-9-22/h2-13,18,21H,14-17,19-20H2,1H3,(H,30,34). The van der Waals surface area contributed by atoms with Gasteiger partial charge in [-0.3, -0.25) is 24.2 Å². The molecule has 1 atom stereocenters. The Morgan fingerprint density at radius 2 is 1.47 bits per heavy atom. The van der Waals surface area contributed by atoms with Gasteiger partial charge < -0.3 is 10.2 Å². The van der Waals surface area contributed by atoms with E-state index in [4.69, 9.17) is 0 Å². The number of para-hydroxylation sites is 1. The molecule has 7 nitrogen and oxygen atoms in total. The zero-order valence-corrected chi connectivity index (χ0v) is 20.4. The van der Waals surface area contributed by atoms with Crippen LogP contribution in [0.1, 0.15) is 43.6 Å². The van der Waals surface area contributed by atoms with Crippen molar-refractivity contribution in [1.29, 1.82) is 0 Å². The van der Waals surface area contributed by atoms with Crippen molar-refractivity contribution in [2.24, 2.45) is 0 Å². The van der Waals surface area contributed by atoms with Gasteiger partial charge in [-0.05, 0) is 42.8 Å². The van der Waals surface area contributed by atoms with Crippen LogP contribution < -0.4 is 10.2 Å². The first-order valence-corrected chi connectivity index (χ1v) is 12.4. The lowest BCUT2D eigenvalue weighted by atomic mass is 10.1. The van der Waals surface area contributed by atoms with Crippen molar-refractivity contribution in [1.82, 2.24) is 15.1 Å². The molecule has 0 radical (unpaired) electrons. The molecule has 3 aromatic rings. The quantitative estimate of drug-likeness (QED) is 0.523. The molecule has 5 rings (SSSR count). The van der Waals surface area contributed by atoms with Gasteiger partial charge in [0.25, 0.3) is 17.7 Å². The van der Waals surface area contributed by atoms with Gasteiger partial charge in [-0.1, -0.05) is 48.5 Å². The Morgan fingerprint density at radius 1 is 0.833 bits per heavy atom. The highest BCUT2D eigenvalue weighted by Crippen LogP contribution is 2.26. The molecule has 1 saturated heterocycles. The van der Waals surface area contributed by atoms with E-state index in [-0.39, 0.29) is 35.9 Å². The molecule has 2 heterocycles. The number of carbonyl (C=O) groups excluding carboxylic acids is 3. The summed E-state index contributed by atoms with van der Waals surface area (Å²) in [6, 6.07) is 24.7. The minimum atomic E-state index is -0.363. The average molecular weight is 483 g/mol. The van der Waals surface area contributed by atoms with Gasteiger partial charge in [0, 0.05) is 50.0 Å². The molecule has 184 valence electrons. The van der Waals surface area contributed by atoms with E-state index in [1.807, 2.05) is 36.4 Å². The van der Waals surface area contributed by atoms with Crippen molar-refractivity contribution in [3.8, 4) is 0 Å². The lowest BCUT2D eigenvalue weighted by molar-refractivity contribution is 0.0642. The van der Waals surface area contributed by atoms with E-state index in [2.05, 4.69) is 46.3 Å². The predicted molar refractivity (Wildman–Crippen MR) is 139 cm³/mol. The number of carbonyl (C=O) groups is 3. The average Bonchev–Trinajstić information content (AvgIpc) is 3.17. The van der Waals surface area contributed by atoms with E-state index < -0.39 is 0 Å². The fourth-order valence-corrected chi connectivity index (χ4v) is 4.87. The van der Waals surface area contributed by atoms with Gasteiger partial charge in [0.15, 0.2) is 0 Å². The molecule has 2 aliphatic heterocycles. The first kappa shape index (κ1) is 23.8. The molecule has 3 aromatic carbocycles. The summed E-state index contributed by atoms with van der Waals surface area (Å²) in [6.45, 7) is 6.59. The van der Waals surface area contributed by atoms with Gasteiger partial charge in [0.2, 0.25) is 0 Å². The third-order valence-corrected chi connectivity index (χ3v) is 7.03. The third-order valence-electron chi connectivity index (χ3n) is 7.03. The Morgan fingerprint density at radius 3 is 2.17 bits per heavy atom. The Hall–Kier alpha value is -3.97. The summed E-state index contributed by atoms with van der Waals surface area (Å²) in [7, 11) is 0. The molecule has 36 heavy (non-hydrogen) atoms. The summed E-state index contributed by atoms with van der Waals surface area (Å²) >= 11 is 0. The summed E-state index contributed by atoms with van der Waals surface area (Å²) in [6.07, 6.45) is 0.